The molecule has 0 radical (unpaired) electrons. The van der Waals surface area contributed by atoms with Gasteiger partial charge in [0.1, 0.15) is 23.6 Å². The van der Waals surface area contributed by atoms with Crippen LogP contribution in [0.4, 0.5) is 4.39 Å². The van der Waals surface area contributed by atoms with Gasteiger partial charge in [-0.15, -0.1) is 0 Å². The molecule has 3 N–H and O–H groups in total. The van der Waals surface area contributed by atoms with Gasteiger partial charge in [-0.3, -0.25) is 0 Å². The van der Waals surface area contributed by atoms with Gasteiger partial charge >= 0.3 is 0 Å². The maximum atomic E-state index is 15.1. The maximum Gasteiger partial charge on any atom is 0.134 e. The fraction of sp³-hybridized carbons (Fsp3) is 0.200. The van der Waals surface area contributed by atoms with E-state index in [1.807, 2.05) is 18.2 Å². The predicted octanol–water partition coefficient (Wildman–Crippen LogP) is 3.88. The molecular formula is C25H21FN4O2. The predicted molar refractivity (Wildman–Crippen MR) is 118 cm³/mol. The molecule has 0 fully saturated rings. The molecule has 3 aliphatic rings. The van der Waals surface area contributed by atoms with E-state index in [1.54, 1.807) is 12.4 Å². The van der Waals surface area contributed by atoms with Gasteiger partial charge in [0, 0.05) is 47.3 Å². The summed E-state index contributed by atoms with van der Waals surface area (Å²) in [6.07, 6.45) is 9.64. The highest BCUT2D eigenvalue weighted by Crippen LogP contribution is 2.52. The first-order valence-electron chi connectivity index (χ1n) is 10.6. The molecule has 0 bridgehead atoms. The highest BCUT2D eigenvalue weighted by Gasteiger charge is 2.44. The van der Waals surface area contributed by atoms with E-state index >= 15 is 4.39 Å². The minimum absolute atomic E-state index is 0.385. The summed E-state index contributed by atoms with van der Waals surface area (Å²) in [4.78, 5) is 8.09. The Morgan fingerprint density at radius 1 is 1.03 bits per heavy atom. The van der Waals surface area contributed by atoms with Crippen molar-refractivity contribution in [3.05, 3.63) is 89.5 Å². The van der Waals surface area contributed by atoms with Gasteiger partial charge in [0.05, 0.1) is 24.4 Å². The first kappa shape index (κ1) is 19.0. The molecule has 1 aromatic heterocycles. The van der Waals surface area contributed by atoms with E-state index in [-0.39, 0.29) is 5.82 Å². The molecule has 0 saturated heterocycles. The Bertz CT molecular complexity index is 1290. The average Bonchev–Trinajstić information content (AvgIpc) is 3.22. The molecule has 3 aromatic rings. The Hall–Kier alpha value is -3.71. The largest absolute Gasteiger partial charge is 0.457 e. The van der Waals surface area contributed by atoms with E-state index in [2.05, 4.69) is 33.5 Å². The van der Waals surface area contributed by atoms with Crippen LogP contribution in [-0.4, -0.2) is 29.7 Å². The molecule has 32 heavy (non-hydrogen) atoms. The van der Waals surface area contributed by atoms with Crippen molar-refractivity contribution in [2.24, 2.45) is 5.73 Å². The van der Waals surface area contributed by atoms with Crippen LogP contribution >= 0.6 is 0 Å². The zero-order chi connectivity index (χ0) is 21.7. The van der Waals surface area contributed by atoms with Crippen molar-refractivity contribution in [1.29, 1.82) is 0 Å². The number of fused-ring (bicyclic) bond motifs is 4. The molecule has 0 amide bonds. The molecule has 0 aliphatic carbocycles. The zero-order valence-electron chi connectivity index (χ0n) is 17.3. The maximum absolute atomic E-state index is 15.1. The number of nitrogens with two attached hydrogens (primary N) is 1. The highest BCUT2D eigenvalue weighted by molar-refractivity contribution is 5.74. The van der Waals surface area contributed by atoms with Crippen molar-refractivity contribution in [3.8, 4) is 22.6 Å². The fourth-order valence-electron chi connectivity index (χ4n) is 4.82. The lowest BCUT2D eigenvalue weighted by atomic mass is 9.72. The molecule has 1 spiro atoms. The number of benzene rings is 2. The summed E-state index contributed by atoms with van der Waals surface area (Å²) in [5.41, 5.74) is 10.9. The van der Waals surface area contributed by atoms with E-state index in [9.17, 15) is 0 Å². The smallest absolute Gasteiger partial charge is 0.134 e. The Morgan fingerprint density at radius 3 is 2.62 bits per heavy atom. The fourth-order valence-corrected chi connectivity index (χ4v) is 4.82. The monoisotopic (exact) mass is 428 g/mol. The standard InChI is InChI=1S/C25H21FN4O2/c26-21-9-23-20(8-18(21)17-11-28-14-29-12-17)25(10-24(27)30-13-25)19-7-16(1-2-22(19)32-23)15-3-5-31-6-4-15/h1-3,7-12,14,30H,4-6,13,27H2/t25-/m1/s1. The summed E-state index contributed by atoms with van der Waals surface area (Å²) in [6, 6.07) is 9.46. The van der Waals surface area contributed by atoms with E-state index in [0.717, 1.165) is 23.1 Å². The summed E-state index contributed by atoms with van der Waals surface area (Å²) >= 11 is 0. The number of hydrogen-bond donors (Lipinski definition) is 2. The second kappa shape index (κ2) is 7.17. The second-order valence-electron chi connectivity index (χ2n) is 8.25. The Morgan fingerprint density at radius 2 is 1.88 bits per heavy atom. The first-order chi connectivity index (χ1) is 15.6. The van der Waals surface area contributed by atoms with E-state index in [1.165, 1.54) is 18.0 Å². The number of aromatic nitrogens is 2. The van der Waals surface area contributed by atoms with Gasteiger partial charge < -0.3 is 20.5 Å². The van der Waals surface area contributed by atoms with Gasteiger partial charge in [-0.25, -0.2) is 14.4 Å². The number of halogens is 1. The van der Waals surface area contributed by atoms with Crippen molar-refractivity contribution >= 4 is 5.57 Å². The second-order valence-corrected chi connectivity index (χ2v) is 8.25. The van der Waals surface area contributed by atoms with Crippen molar-refractivity contribution in [3.63, 3.8) is 0 Å². The number of hydrogen-bond acceptors (Lipinski definition) is 6. The molecule has 0 saturated carbocycles. The lowest BCUT2D eigenvalue weighted by Crippen LogP contribution is -2.34. The van der Waals surface area contributed by atoms with Crippen LogP contribution in [0.5, 0.6) is 11.5 Å². The summed E-state index contributed by atoms with van der Waals surface area (Å²) in [5, 5.41) is 3.26. The van der Waals surface area contributed by atoms with E-state index < -0.39 is 5.41 Å². The van der Waals surface area contributed by atoms with Crippen LogP contribution in [0.15, 0.2) is 67.0 Å². The van der Waals surface area contributed by atoms with Gasteiger partial charge in [-0.1, -0.05) is 12.1 Å². The number of nitrogens with zero attached hydrogens (tertiary/aromatic N) is 2. The lowest BCUT2D eigenvalue weighted by Gasteiger charge is -2.36. The molecule has 7 heteroatoms. The van der Waals surface area contributed by atoms with Crippen molar-refractivity contribution in [1.82, 2.24) is 15.3 Å². The van der Waals surface area contributed by atoms with Gasteiger partial charge in [-0.2, -0.15) is 0 Å². The molecular weight excluding hydrogens is 407 g/mol. The molecule has 160 valence electrons. The van der Waals surface area contributed by atoms with Crippen molar-refractivity contribution in [2.45, 2.75) is 11.8 Å². The van der Waals surface area contributed by atoms with Crippen molar-refractivity contribution < 1.29 is 13.9 Å². The van der Waals surface area contributed by atoms with Crippen LogP contribution in [0, 0.1) is 5.82 Å². The molecule has 6 nitrogen and oxygen atoms in total. The zero-order valence-corrected chi connectivity index (χ0v) is 17.3. The van der Waals surface area contributed by atoms with Crippen molar-refractivity contribution in [2.75, 3.05) is 19.8 Å². The third-order valence-corrected chi connectivity index (χ3v) is 6.41. The normalized spacial score (nSPS) is 21.2. The summed E-state index contributed by atoms with van der Waals surface area (Å²) in [7, 11) is 0. The molecule has 1 atom stereocenters. The molecule has 0 unspecified atom stereocenters. The summed E-state index contributed by atoms with van der Waals surface area (Å²) in [6.45, 7) is 1.89. The minimum Gasteiger partial charge on any atom is -0.457 e. The third kappa shape index (κ3) is 2.89. The lowest BCUT2D eigenvalue weighted by molar-refractivity contribution is 0.161. The Kier molecular flexibility index (Phi) is 4.26. The highest BCUT2D eigenvalue weighted by atomic mass is 19.1. The Labute approximate surface area is 184 Å². The SMILES string of the molecule is NC1=C[C@@]2(CN1)c1cc(C3=CCOCC3)ccc1Oc1cc(F)c(-c3cncnc3)cc12. The topological polar surface area (TPSA) is 82.3 Å². The van der Waals surface area contributed by atoms with Gasteiger partial charge in [0.2, 0.25) is 0 Å². The summed E-state index contributed by atoms with van der Waals surface area (Å²) in [5.74, 6) is 1.40. The van der Waals surface area contributed by atoms with E-state index in [4.69, 9.17) is 15.2 Å². The van der Waals surface area contributed by atoms with Crippen LogP contribution in [0.25, 0.3) is 16.7 Å². The molecule has 3 aliphatic heterocycles. The first-order valence-corrected chi connectivity index (χ1v) is 10.6. The van der Waals surface area contributed by atoms with Crippen LogP contribution < -0.4 is 15.8 Å². The molecule has 4 heterocycles. The molecule has 6 rings (SSSR count). The Balaban J connectivity index is 1.56. The van der Waals surface area contributed by atoms with Crippen LogP contribution in [0.2, 0.25) is 0 Å². The van der Waals surface area contributed by atoms with Crippen LogP contribution in [0.1, 0.15) is 23.1 Å². The number of nitrogens with one attached hydrogen (secondary N) is 1. The van der Waals surface area contributed by atoms with Crippen LogP contribution in [0.3, 0.4) is 0 Å². The quantitative estimate of drug-likeness (QED) is 0.645. The van der Waals surface area contributed by atoms with Gasteiger partial charge in [0.15, 0.2) is 0 Å². The average molecular weight is 428 g/mol. The van der Waals surface area contributed by atoms with Gasteiger partial charge in [0.25, 0.3) is 0 Å². The minimum atomic E-state index is -0.577. The number of rotatable bonds is 2. The molecule has 2 aromatic carbocycles. The number of ether oxygens (including phenoxy) is 2. The van der Waals surface area contributed by atoms with Gasteiger partial charge in [-0.05, 0) is 41.8 Å². The third-order valence-electron chi connectivity index (χ3n) is 6.41. The van der Waals surface area contributed by atoms with E-state index in [0.29, 0.717) is 48.2 Å². The summed E-state index contributed by atoms with van der Waals surface area (Å²) < 4.78 is 26.8. The van der Waals surface area contributed by atoms with Crippen LogP contribution in [-0.2, 0) is 10.2 Å².